The normalized spacial score (nSPS) is 10.3. The van der Waals surface area contributed by atoms with Crippen molar-refractivity contribution in [2.75, 3.05) is 31.7 Å². The second-order valence-corrected chi connectivity index (χ2v) is 4.20. The Morgan fingerprint density at radius 2 is 1.83 bits per heavy atom. The van der Waals surface area contributed by atoms with E-state index in [9.17, 15) is 4.79 Å². The summed E-state index contributed by atoms with van der Waals surface area (Å²) in [5, 5.41) is 2.84. The fourth-order valence-electron chi connectivity index (χ4n) is 1.66. The summed E-state index contributed by atoms with van der Waals surface area (Å²) in [4.78, 5) is 11.8. The minimum absolute atomic E-state index is 0.138. The second kappa shape index (κ2) is 7.55. The highest BCUT2D eigenvalue weighted by Crippen LogP contribution is 2.13. The number of carbonyl (C=O) groups excluding carboxylic acids is 1. The van der Waals surface area contributed by atoms with Crippen LogP contribution in [-0.2, 0) is 4.74 Å². The minimum atomic E-state index is -0.138. The third-order valence-corrected chi connectivity index (χ3v) is 2.55. The van der Waals surface area contributed by atoms with Crippen LogP contribution in [0.2, 0.25) is 0 Å². The lowest BCUT2D eigenvalue weighted by Gasteiger charge is -2.07. The summed E-state index contributed by atoms with van der Waals surface area (Å²) >= 11 is 0. The summed E-state index contributed by atoms with van der Waals surface area (Å²) in [6, 6.07) is 4.87. The number of unbranched alkanes of at least 4 members (excludes halogenated alkanes) is 2. The van der Waals surface area contributed by atoms with E-state index in [0.717, 1.165) is 25.9 Å². The van der Waals surface area contributed by atoms with Crippen molar-refractivity contribution >= 4 is 17.3 Å². The van der Waals surface area contributed by atoms with Crippen molar-refractivity contribution in [3.8, 4) is 0 Å². The standard InChI is InChI=1S/C13H21N3O2/c1-18-6-4-2-3-5-16-13(17)10-7-11(14)9-12(15)8-10/h7-9H,2-6,14-15H2,1H3,(H,16,17). The third kappa shape index (κ3) is 5.05. The van der Waals surface area contributed by atoms with Gasteiger partial charge in [-0.25, -0.2) is 0 Å². The van der Waals surface area contributed by atoms with Crippen molar-refractivity contribution in [2.24, 2.45) is 0 Å². The Kier molecular flexibility index (Phi) is 6.00. The quantitative estimate of drug-likeness (QED) is 0.504. The van der Waals surface area contributed by atoms with Gasteiger partial charge in [-0.3, -0.25) is 4.79 Å². The number of hydrogen-bond acceptors (Lipinski definition) is 4. The molecule has 0 aliphatic rings. The lowest BCUT2D eigenvalue weighted by atomic mass is 10.1. The molecule has 5 nitrogen and oxygen atoms in total. The topological polar surface area (TPSA) is 90.4 Å². The van der Waals surface area contributed by atoms with Gasteiger partial charge in [0.1, 0.15) is 0 Å². The Morgan fingerprint density at radius 1 is 1.17 bits per heavy atom. The fourth-order valence-corrected chi connectivity index (χ4v) is 1.66. The first kappa shape index (κ1) is 14.3. The summed E-state index contributed by atoms with van der Waals surface area (Å²) in [6.07, 6.45) is 2.98. The van der Waals surface area contributed by atoms with E-state index in [1.807, 2.05) is 0 Å². The molecule has 0 spiro atoms. The van der Waals surface area contributed by atoms with Gasteiger partial charge in [-0.1, -0.05) is 0 Å². The highest BCUT2D eigenvalue weighted by atomic mass is 16.5. The van der Waals surface area contributed by atoms with Crippen molar-refractivity contribution in [2.45, 2.75) is 19.3 Å². The Balaban J connectivity index is 2.32. The van der Waals surface area contributed by atoms with Gasteiger partial charge < -0.3 is 21.5 Å². The zero-order valence-corrected chi connectivity index (χ0v) is 10.7. The molecule has 0 saturated carbocycles. The summed E-state index contributed by atoms with van der Waals surface area (Å²) < 4.78 is 4.95. The maximum absolute atomic E-state index is 11.8. The van der Waals surface area contributed by atoms with Gasteiger partial charge in [-0.15, -0.1) is 0 Å². The maximum Gasteiger partial charge on any atom is 0.251 e. The van der Waals surface area contributed by atoms with Crippen LogP contribution in [-0.4, -0.2) is 26.2 Å². The number of methoxy groups -OCH3 is 1. The number of rotatable bonds is 7. The Morgan fingerprint density at radius 3 is 2.44 bits per heavy atom. The van der Waals surface area contributed by atoms with Crippen LogP contribution in [0.1, 0.15) is 29.6 Å². The van der Waals surface area contributed by atoms with E-state index in [0.29, 0.717) is 23.5 Å². The van der Waals surface area contributed by atoms with Gasteiger partial charge in [-0.05, 0) is 37.5 Å². The number of amides is 1. The van der Waals surface area contributed by atoms with E-state index in [4.69, 9.17) is 16.2 Å². The Labute approximate surface area is 107 Å². The molecule has 1 aromatic rings. The monoisotopic (exact) mass is 251 g/mol. The maximum atomic E-state index is 11.8. The molecule has 0 radical (unpaired) electrons. The number of benzene rings is 1. The molecule has 0 fully saturated rings. The number of nitrogens with two attached hydrogens (primary N) is 2. The van der Waals surface area contributed by atoms with Gasteiger partial charge in [0.25, 0.3) is 5.91 Å². The van der Waals surface area contributed by atoms with Crippen molar-refractivity contribution < 1.29 is 9.53 Å². The van der Waals surface area contributed by atoms with Gasteiger partial charge in [0, 0.05) is 37.2 Å². The molecule has 1 aromatic carbocycles. The number of anilines is 2. The zero-order valence-electron chi connectivity index (χ0n) is 10.7. The molecule has 0 atom stereocenters. The van der Waals surface area contributed by atoms with Crippen LogP contribution in [0.4, 0.5) is 11.4 Å². The van der Waals surface area contributed by atoms with Crippen LogP contribution in [0.3, 0.4) is 0 Å². The van der Waals surface area contributed by atoms with Crippen molar-refractivity contribution in [1.82, 2.24) is 5.32 Å². The first-order valence-corrected chi connectivity index (χ1v) is 6.06. The summed E-state index contributed by atoms with van der Waals surface area (Å²) in [6.45, 7) is 1.41. The fraction of sp³-hybridized carbons (Fsp3) is 0.462. The summed E-state index contributed by atoms with van der Waals surface area (Å²) in [5.74, 6) is -0.138. The Bertz CT molecular complexity index is 374. The number of nitrogen functional groups attached to an aromatic ring is 2. The van der Waals surface area contributed by atoms with Crippen molar-refractivity contribution in [3.63, 3.8) is 0 Å². The largest absolute Gasteiger partial charge is 0.399 e. The van der Waals surface area contributed by atoms with Gasteiger partial charge in [0.05, 0.1) is 0 Å². The first-order chi connectivity index (χ1) is 8.63. The van der Waals surface area contributed by atoms with Crippen molar-refractivity contribution in [3.05, 3.63) is 23.8 Å². The average molecular weight is 251 g/mol. The average Bonchev–Trinajstić information content (AvgIpc) is 2.32. The molecule has 0 bridgehead atoms. The van der Waals surface area contributed by atoms with Gasteiger partial charge >= 0.3 is 0 Å². The van der Waals surface area contributed by atoms with E-state index in [1.54, 1.807) is 25.3 Å². The zero-order chi connectivity index (χ0) is 13.4. The number of hydrogen-bond donors (Lipinski definition) is 3. The van der Waals surface area contributed by atoms with Crippen LogP contribution in [0.15, 0.2) is 18.2 Å². The summed E-state index contributed by atoms with van der Waals surface area (Å²) in [5.41, 5.74) is 12.8. The minimum Gasteiger partial charge on any atom is -0.399 e. The predicted octanol–water partition coefficient (Wildman–Crippen LogP) is 1.40. The van der Waals surface area contributed by atoms with Crippen LogP contribution in [0.5, 0.6) is 0 Å². The number of carbonyl (C=O) groups is 1. The van der Waals surface area contributed by atoms with Gasteiger partial charge in [0.2, 0.25) is 0 Å². The first-order valence-electron chi connectivity index (χ1n) is 6.06. The van der Waals surface area contributed by atoms with E-state index >= 15 is 0 Å². The lowest BCUT2D eigenvalue weighted by Crippen LogP contribution is -2.24. The van der Waals surface area contributed by atoms with Crippen LogP contribution < -0.4 is 16.8 Å². The molecular formula is C13H21N3O2. The molecule has 0 aliphatic carbocycles. The molecule has 100 valence electrons. The lowest BCUT2D eigenvalue weighted by molar-refractivity contribution is 0.0952. The molecule has 1 amide bonds. The van der Waals surface area contributed by atoms with E-state index < -0.39 is 0 Å². The second-order valence-electron chi connectivity index (χ2n) is 4.20. The molecule has 18 heavy (non-hydrogen) atoms. The highest BCUT2D eigenvalue weighted by Gasteiger charge is 2.06. The van der Waals surface area contributed by atoms with Gasteiger partial charge in [0.15, 0.2) is 0 Å². The summed E-state index contributed by atoms with van der Waals surface area (Å²) in [7, 11) is 1.69. The molecular weight excluding hydrogens is 230 g/mol. The molecule has 0 unspecified atom stereocenters. The molecule has 5 N–H and O–H groups in total. The molecule has 1 rings (SSSR count). The van der Waals surface area contributed by atoms with Crippen molar-refractivity contribution in [1.29, 1.82) is 0 Å². The Hall–Kier alpha value is -1.75. The highest BCUT2D eigenvalue weighted by molar-refractivity contribution is 5.96. The molecule has 0 heterocycles. The smallest absolute Gasteiger partial charge is 0.251 e. The molecule has 5 heteroatoms. The van der Waals surface area contributed by atoms with Crippen LogP contribution >= 0.6 is 0 Å². The van der Waals surface area contributed by atoms with E-state index in [2.05, 4.69) is 5.32 Å². The predicted molar refractivity (Wildman–Crippen MR) is 73.3 cm³/mol. The molecule has 0 aromatic heterocycles. The molecule has 0 aliphatic heterocycles. The van der Waals surface area contributed by atoms with E-state index in [1.165, 1.54) is 0 Å². The van der Waals surface area contributed by atoms with Crippen LogP contribution in [0, 0.1) is 0 Å². The SMILES string of the molecule is COCCCCCNC(=O)c1cc(N)cc(N)c1. The number of nitrogens with one attached hydrogen (secondary N) is 1. The molecule has 0 saturated heterocycles. The third-order valence-electron chi connectivity index (χ3n) is 2.55. The number of ether oxygens (including phenoxy) is 1. The van der Waals surface area contributed by atoms with Gasteiger partial charge in [-0.2, -0.15) is 0 Å². The van der Waals surface area contributed by atoms with Crippen LogP contribution in [0.25, 0.3) is 0 Å². The van der Waals surface area contributed by atoms with E-state index in [-0.39, 0.29) is 5.91 Å².